The van der Waals surface area contributed by atoms with Crippen LogP contribution < -0.4 is 0 Å². The van der Waals surface area contributed by atoms with Crippen LogP contribution in [0.15, 0.2) is 0 Å². The minimum Gasteiger partial charge on any atom is -0.147 e. The molecule has 0 amide bonds. The third kappa shape index (κ3) is 9.00. The van der Waals surface area contributed by atoms with E-state index in [2.05, 4.69) is 0 Å². The lowest BCUT2D eigenvalue weighted by Crippen LogP contribution is -1.50. The SMILES string of the molecule is Cl.ClCPCCl. The van der Waals surface area contributed by atoms with Gasteiger partial charge in [-0.1, -0.05) is 8.58 Å². The molecule has 6 heavy (non-hydrogen) atoms. The van der Waals surface area contributed by atoms with Crippen molar-refractivity contribution in [2.75, 3.05) is 11.2 Å². The minimum absolute atomic E-state index is 0. The Hall–Kier alpha value is 1.30. The number of halogens is 3. The first-order valence-corrected chi connectivity index (χ1v) is 3.72. The standard InChI is InChI=1S/C2H5Cl2P.ClH/c3-1-5-2-4;/h5H,1-2H2;1H. The highest BCUT2D eigenvalue weighted by Crippen LogP contribution is 2.11. The van der Waals surface area contributed by atoms with Crippen molar-refractivity contribution in [3.8, 4) is 0 Å². The molecule has 0 N–H and O–H groups in total. The van der Waals surface area contributed by atoms with Gasteiger partial charge in [0.15, 0.2) is 0 Å². The lowest BCUT2D eigenvalue weighted by atomic mass is 11.9. The molecule has 0 saturated heterocycles. The Bertz CT molecular complexity index is 16.3. The van der Waals surface area contributed by atoms with Gasteiger partial charge in [0.05, 0.1) is 0 Å². The smallest absolute Gasteiger partial charge is 0.0406 e. The fourth-order valence-electron chi connectivity index (χ4n) is 0.0357. The quantitative estimate of drug-likeness (QED) is 0.438. The van der Waals surface area contributed by atoms with Crippen molar-refractivity contribution in [1.29, 1.82) is 0 Å². The summed E-state index contributed by atoms with van der Waals surface area (Å²) < 4.78 is 0. The maximum Gasteiger partial charge on any atom is 0.0406 e. The van der Waals surface area contributed by atoms with Gasteiger partial charge >= 0.3 is 0 Å². The molecule has 0 aromatic rings. The molecule has 0 atom stereocenters. The topological polar surface area (TPSA) is 0 Å². The van der Waals surface area contributed by atoms with E-state index < -0.39 is 0 Å². The molecule has 0 rings (SSSR count). The second kappa shape index (κ2) is 9.57. The molecule has 0 aromatic carbocycles. The van der Waals surface area contributed by atoms with E-state index in [-0.39, 0.29) is 12.4 Å². The van der Waals surface area contributed by atoms with Crippen molar-refractivity contribution in [1.82, 2.24) is 0 Å². The molecule has 0 aliphatic carbocycles. The van der Waals surface area contributed by atoms with Crippen molar-refractivity contribution in [3.05, 3.63) is 0 Å². The summed E-state index contributed by atoms with van der Waals surface area (Å²) in [5.41, 5.74) is 1.42. The molecule has 0 unspecified atom stereocenters. The number of hydrogen-bond donors (Lipinski definition) is 0. The van der Waals surface area contributed by atoms with Gasteiger partial charge < -0.3 is 0 Å². The number of alkyl halides is 2. The van der Waals surface area contributed by atoms with Crippen molar-refractivity contribution >= 4 is 44.2 Å². The molecule has 0 fully saturated rings. The summed E-state index contributed by atoms with van der Waals surface area (Å²) in [5.74, 6) is 0. The lowest BCUT2D eigenvalue weighted by molar-refractivity contribution is 2.08. The molecule has 0 bridgehead atoms. The van der Waals surface area contributed by atoms with E-state index in [1.807, 2.05) is 0 Å². The average molecular weight is 167 g/mol. The van der Waals surface area contributed by atoms with Crippen LogP contribution in [0, 0.1) is 0 Å². The second-order valence-electron chi connectivity index (χ2n) is 0.517. The zero-order chi connectivity index (χ0) is 4.12. The molecular formula is C2H6Cl3P. The number of rotatable bonds is 2. The zero-order valence-corrected chi connectivity index (χ0v) is 6.41. The summed E-state index contributed by atoms with van der Waals surface area (Å²) in [6.45, 7) is 0. The fraction of sp³-hybridized carbons (Fsp3) is 1.00. The Morgan fingerprint density at radius 3 is 1.50 bits per heavy atom. The molecule has 4 heteroatoms. The third-order valence-electron chi connectivity index (χ3n) is 0.189. The van der Waals surface area contributed by atoms with E-state index in [0.29, 0.717) is 11.2 Å². The summed E-state index contributed by atoms with van der Waals surface area (Å²) >= 11 is 10.5. The van der Waals surface area contributed by atoms with Gasteiger partial charge in [0, 0.05) is 11.2 Å². The summed E-state index contributed by atoms with van der Waals surface area (Å²) in [6.07, 6.45) is 0. The Morgan fingerprint density at radius 2 is 1.50 bits per heavy atom. The van der Waals surface area contributed by atoms with Crippen LogP contribution in [0.1, 0.15) is 0 Å². The molecule has 0 nitrogen and oxygen atoms in total. The summed E-state index contributed by atoms with van der Waals surface area (Å²) in [5, 5.41) is 0. The van der Waals surface area contributed by atoms with Crippen LogP contribution in [0.4, 0.5) is 0 Å². The zero-order valence-electron chi connectivity index (χ0n) is 3.08. The predicted molar refractivity (Wildman–Crippen MR) is 37.0 cm³/mol. The Kier molecular flexibility index (Phi) is 16.5. The molecule has 40 valence electrons. The Balaban J connectivity index is 0. The van der Waals surface area contributed by atoms with E-state index in [4.69, 9.17) is 23.2 Å². The second-order valence-corrected chi connectivity index (χ2v) is 3.16. The maximum atomic E-state index is 5.23. The molecular weight excluding hydrogens is 161 g/mol. The molecule has 0 aromatic heterocycles. The monoisotopic (exact) mass is 166 g/mol. The van der Waals surface area contributed by atoms with Crippen LogP contribution in [-0.2, 0) is 0 Å². The van der Waals surface area contributed by atoms with E-state index in [1.165, 1.54) is 0 Å². The van der Waals surface area contributed by atoms with Crippen molar-refractivity contribution in [2.24, 2.45) is 0 Å². The van der Waals surface area contributed by atoms with Crippen LogP contribution >= 0.6 is 44.2 Å². The molecule has 0 heterocycles. The fourth-order valence-corrected chi connectivity index (χ4v) is 0.964. The normalized spacial score (nSPS) is 7.00. The van der Waals surface area contributed by atoms with Crippen LogP contribution in [-0.4, -0.2) is 11.2 Å². The predicted octanol–water partition coefficient (Wildman–Crippen LogP) is 2.48. The highest BCUT2D eigenvalue weighted by atomic mass is 35.5. The third-order valence-corrected chi connectivity index (χ3v) is 1.70. The summed E-state index contributed by atoms with van der Waals surface area (Å²) in [4.78, 5) is 0. The molecule has 0 aliphatic heterocycles. The molecule has 0 radical (unpaired) electrons. The summed E-state index contributed by atoms with van der Waals surface area (Å²) in [7, 11) is 0.728. The van der Waals surface area contributed by atoms with E-state index in [0.717, 1.165) is 8.58 Å². The Labute approximate surface area is 55.8 Å². The van der Waals surface area contributed by atoms with Crippen LogP contribution in [0.3, 0.4) is 0 Å². The van der Waals surface area contributed by atoms with Crippen molar-refractivity contribution in [3.63, 3.8) is 0 Å². The summed E-state index contributed by atoms with van der Waals surface area (Å²) in [6, 6.07) is 0. The van der Waals surface area contributed by atoms with Gasteiger partial charge in [0.25, 0.3) is 0 Å². The van der Waals surface area contributed by atoms with Crippen LogP contribution in [0.25, 0.3) is 0 Å². The Morgan fingerprint density at radius 1 is 1.17 bits per heavy atom. The first-order chi connectivity index (χ1) is 2.41. The minimum atomic E-state index is 0. The number of hydrogen-bond acceptors (Lipinski definition) is 0. The van der Waals surface area contributed by atoms with Gasteiger partial charge in [-0.2, -0.15) is 0 Å². The lowest BCUT2D eigenvalue weighted by Gasteiger charge is -1.76. The molecule has 0 aliphatic rings. The first-order valence-electron chi connectivity index (χ1n) is 1.24. The van der Waals surface area contributed by atoms with E-state index >= 15 is 0 Å². The van der Waals surface area contributed by atoms with Gasteiger partial charge in [-0.15, -0.1) is 35.6 Å². The highest BCUT2D eigenvalue weighted by molar-refractivity contribution is 7.42. The van der Waals surface area contributed by atoms with E-state index in [9.17, 15) is 0 Å². The van der Waals surface area contributed by atoms with Gasteiger partial charge in [-0.3, -0.25) is 0 Å². The molecule has 0 spiro atoms. The van der Waals surface area contributed by atoms with Crippen LogP contribution in [0.2, 0.25) is 0 Å². The van der Waals surface area contributed by atoms with Gasteiger partial charge in [0.1, 0.15) is 0 Å². The van der Waals surface area contributed by atoms with Gasteiger partial charge in [0.2, 0.25) is 0 Å². The average Bonchev–Trinajstić information content (AvgIpc) is 1.41. The van der Waals surface area contributed by atoms with Crippen molar-refractivity contribution < 1.29 is 0 Å². The van der Waals surface area contributed by atoms with E-state index in [1.54, 1.807) is 0 Å². The van der Waals surface area contributed by atoms with Gasteiger partial charge in [-0.25, -0.2) is 0 Å². The molecule has 0 saturated carbocycles. The maximum absolute atomic E-state index is 5.23. The van der Waals surface area contributed by atoms with Gasteiger partial charge in [-0.05, 0) is 0 Å². The largest absolute Gasteiger partial charge is 0.147 e. The highest BCUT2D eigenvalue weighted by Gasteiger charge is 1.71. The first kappa shape index (κ1) is 10.3. The van der Waals surface area contributed by atoms with Crippen molar-refractivity contribution in [2.45, 2.75) is 0 Å². The van der Waals surface area contributed by atoms with Crippen LogP contribution in [0.5, 0.6) is 0 Å².